The first-order valence-corrected chi connectivity index (χ1v) is 15.8. The largest absolute Gasteiger partial charge is 0.376 e. The number of carbonyl (C=O) groups excluding carboxylic acids is 2. The average Bonchev–Trinajstić information content (AvgIpc) is 3.47. The first-order valence-electron chi connectivity index (χ1n) is 15.8. The number of hydrogen-bond donors (Lipinski definition) is 0. The monoisotopic (exact) mass is 586 g/mol. The molecule has 1 aromatic rings. The Morgan fingerprint density at radius 2 is 1.68 bits per heavy atom. The first-order chi connectivity index (χ1) is 19.0. The van der Waals surface area contributed by atoms with E-state index in [1.54, 1.807) is 0 Å². The fraction of sp³-hybridized carbons (Fsp3) is 0.758. The van der Waals surface area contributed by atoms with E-state index in [9.17, 15) is 9.59 Å². The number of hydrogen-bond acceptors (Lipinski definition) is 4. The van der Waals surface area contributed by atoms with Crippen molar-refractivity contribution in [3.05, 3.63) is 35.9 Å². The number of rotatable bonds is 7. The molecule has 5 atom stereocenters. The molecule has 228 valence electrons. The molecule has 8 heteroatoms. The summed E-state index contributed by atoms with van der Waals surface area (Å²) in [5, 5.41) is 0. The number of amides is 3. The molecule has 5 fully saturated rings. The Morgan fingerprint density at radius 3 is 2.24 bits per heavy atom. The normalized spacial score (nSPS) is 33.6. The summed E-state index contributed by atoms with van der Waals surface area (Å²) in [4.78, 5) is 36.2. The van der Waals surface area contributed by atoms with Crippen LogP contribution in [0.3, 0.4) is 0 Å². The SMILES string of the molecule is CC(C)N1C(=O)N(CC2CCO2)CC12CC1CCC(C2)N1C[C@H]1CN(C(=O)CC(C)(C)C)C[C@@H]1c1ccccc1.Cl. The molecule has 7 nitrogen and oxygen atoms in total. The molecule has 0 aliphatic carbocycles. The van der Waals surface area contributed by atoms with Gasteiger partial charge in [0.2, 0.25) is 5.91 Å². The number of benzene rings is 1. The Hall–Kier alpha value is -1.83. The molecular formula is C33H51ClN4O3. The summed E-state index contributed by atoms with van der Waals surface area (Å²) in [5.74, 6) is 1.10. The summed E-state index contributed by atoms with van der Waals surface area (Å²) >= 11 is 0. The molecule has 3 unspecified atom stereocenters. The van der Waals surface area contributed by atoms with Gasteiger partial charge in [-0.3, -0.25) is 9.69 Å². The Kier molecular flexibility index (Phi) is 8.73. The van der Waals surface area contributed by atoms with E-state index in [2.05, 4.69) is 84.6 Å². The minimum absolute atomic E-state index is 0. The lowest BCUT2D eigenvalue weighted by atomic mass is 9.80. The van der Waals surface area contributed by atoms with E-state index in [4.69, 9.17) is 4.74 Å². The van der Waals surface area contributed by atoms with E-state index in [1.807, 2.05) is 0 Å². The van der Waals surface area contributed by atoms with Crippen molar-refractivity contribution >= 4 is 24.3 Å². The number of ether oxygens (including phenoxy) is 1. The van der Waals surface area contributed by atoms with Crippen molar-refractivity contribution in [3.63, 3.8) is 0 Å². The maximum Gasteiger partial charge on any atom is 0.320 e. The van der Waals surface area contributed by atoms with Gasteiger partial charge in [0.05, 0.1) is 11.6 Å². The maximum atomic E-state index is 13.6. The van der Waals surface area contributed by atoms with Crippen LogP contribution in [-0.2, 0) is 9.53 Å². The Morgan fingerprint density at radius 1 is 1.02 bits per heavy atom. The topological polar surface area (TPSA) is 56.3 Å². The third kappa shape index (κ3) is 6.01. The van der Waals surface area contributed by atoms with E-state index in [1.165, 1.54) is 18.4 Å². The zero-order valence-corrected chi connectivity index (χ0v) is 26.6. The van der Waals surface area contributed by atoms with Crippen molar-refractivity contribution in [1.82, 2.24) is 19.6 Å². The lowest BCUT2D eigenvalue weighted by Crippen LogP contribution is -2.60. The van der Waals surface area contributed by atoms with E-state index < -0.39 is 0 Å². The summed E-state index contributed by atoms with van der Waals surface area (Å²) in [6, 6.07) is 12.3. The van der Waals surface area contributed by atoms with E-state index in [0.717, 1.165) is 58.6 Å². The molecule has 5 heterocycles. The number of likely N-dealkylation sites (tertiary alicyclic amines) is 1. The van der Waals surface area contributed by atoms with Crippen molar-refractivity contribution in [2.75, 3.05) is 39.3 Å². The van der Waals surface area contributed by atoms with Gasteiger partial charge in [0.1, 0.15) is 0 Å². The fourth-order valence-corrected chi connectivity index (χ4v) is 8.65. The molecule has 2 bridgehead atoms. The van der Waals surface area contributed by atoms with Gasteiger partial charge >= 0.3 is 6.03 Å². The highest BCUT2D eigenvalue weighted by Gasteiger charge is 2.58. The van der Waals surface area contributed by atoms with Gasteiger partial charge in [0, 0.05) is 69.8 Å². The van der Waals surface area contributed by atoms with Gasteiger partial charge < -0.3 is 19.4 Å². The summed E-state index contributed by atoms with van der Waals surface area (Å²) in [6.07, 6.45) is 6.43. The third-order valence-corrected chi connectivity index (χ3v) is 10.4. The standard InChI is InChI=1S/C33H50N4O3.ClH/c1-23(2)37-31(39)35(20-28-13-14-40-28)22-33(37)15-26-11-12-27(16-33)36(26)19-25-18-34(30(38)17-32(3,4)5)21-29(25)24-9-7-6-8-10-24;/h6-10,23,25-29H,11-22H2,1-5H3;1H/t25-,26?,27?,28?,29-,33?;/m1./s1. The highest BCUT2D eigenvalue weighted by atomic mass is 35.5. The van der Waals surface area contributed by atoms with Crippen molar-refractivity contribution < 1.29 is 14.3 Å². The highest BCUT2D eigenvalue weighted by Crippen LogP contribution is 2.49. The molecule has 5 saturated heterocycles. The second kappa shape index (κ2) is 11.7. The van der Waals surface area contributed by atoms with Crippen LogP contribution in [0.25, 0.3) is 0 Å². The van der Waals surface area contributed by atoms with Crippen LogP contribution in [0.15, 0.2) is 30.3 Å². The smallest absolute Gasteiger partial charge is 0.320 e. The van der Waals surface area contributed by atoms with Crippen molar-refractivity contribution in [2.45, 2.75) is 109 Å². The third-order valence-electron chi connectivity index (χ3n) is 10.4. The quantitative estimate of drug-likeness (QED) is 0.430. The molecule has 0 radical (unpaired) electrons. The molecule has 5 aliphatic rings. The molecule has 41 heavy (non-hydrogen) atoms. The van der Waals surface area contributed by atoms with Crippen molar-refractivity contribution in [1.29, 1.82) is 0 Å². The summed E-state index contributed by atoms with van der Waals surface area (Å²) in [5.41, 5.74) is 1.29. The van der Waals surface area contributed by atoms with E-state index in [-0.39, 0.29) is 41.5 Å². The molecule has 0 aromatic heterocycles. The first kappa shape index (κ1) is 30.6. The number of nitrogens with zero attached hydrogens (tertiary/aromatic N) is 4. The van der Waals surface area contributed by atoms with Gasteiger partial charge in [-0.15, -0.1) is 12.4 Å². The number of halogens is 1. The highest BCUT2D eigenvalue weighted by molar-refractivity contribution is 5.85. The zero-order chi connectivity index (χ0) is 28.2. The lowest BCUT2D eigenvalue weighted by molar-refractivity contribution is -0.132. The molecule has 3 amide bonds. The van der Waals surface area contributed by atoms with Gasteiger partial charge in [-0.05, 0) is 62.8 Å². The van der Waals surface area contributed by atoms with Crippen molar-refractivity contribution in [3.8, 4) is 0 Å². The summed E-state index contributed by atoms with van der Waals surface area (Å²) < 4.78 is 5.71. The molecule has 6 rings (SSSR count). The number of urea groups is 1. The van der Waals surface area contributed by atoms with Crippen LogP contribution in [0.2, 0.25) is 0 Å². The Bertz CT molecular complexity index is 1070. The van der Waals surface area contributed by atoms with Crippen LogP contribution in [0.5, 0.6) is 0 Å². The fourth-order valence-electron chi connectivity index (χ4n) is 8.65. The van der Waals surface area contributed by atoms with Crippen LogP contribution in [-0.4, -0.2) is 101 Å². The minimum Gasteiger partial charge on any atom is -0.376 e. The van der Waals surface area contributed by atoms with Gasteiger partial charge in [-0.2, -0.15) is 0 Å². The van der Waals surface area contributed by atoms with Gasteiger partial charge in [-0.1, -0.05) is 51.1 Å². The Labute approximate surface area is 253 Å². The molecule has 1 aromatic carbocycles. The molecule has 0 N–H and O–H groups in total. The van der Waals surface area contributed by atoms with E-state index in [0.29, 0.717) is 36.2 Å². The van der Waals surface area contributed by atoms with Gasteiger partial charge in [0.25, 0.3) is 0 Å². The number of fused-ring (bicyclic) bond motifs is 2. The molecule has 1 spiro atoms. The van der Waals surface area contributed by atoms with Crippen molar-refractivity contribution in [2.24, 2.45) is 11.3 Å². The van der Waals surface area contributed by atoms with Crippen LogP contribution in [0, 0.1) is 11.3 Å². The molecule has 5 aliphatic heterocycles. The van der Waals surface area contributed by atoms with Gasteiger partial charge in [0.15, 0.2) is 0 Å². The number of piperidine rings is 1. The second-order valence-electron chi connectivity index (χ2n) is 14.9. The lowest BCUT2D eigenvalue weighted by Gasteiger charge is -2.50. The van der Waals surface area contributed by atoms with Crippen LogP contribution in [0.4, 0.5) is 4.79 Å². The minimum atomic E-state index is -0.0689. The summed E-state index contributed by atoms with van der Waals surface area (Å²) in [6.45, 7) is 16.0. The molecular weight excluding hydrogens is 536 g/mol. The number of carbonyl (C=O) groups is 2. The molecule has 0 saturated carbocycles. The van der Waals surface area contributed by atoms with Crippen LogP contribution in [0.1, 0.15) is 84.6 Å². The van der Waals surface area contributed by atoms with E-state index >= 15 is 0 Å². The van der Waals surface area contributed by atoms with Crippen LogP contribution < -0.4 is 0 Å². The van der Waals surface area contributed by atoms with Gasteiger partial charge in [-0.25, -0.2) is 4.79 Å². The average molecular weight is 587 g/mol. The predicted molar refractivity (Wildman–Crippen MR) is 164 cm³/mol. The maximum absolute atomic E-state index is 13.6. The Balaban J connectivity index is 0.00000337. The summed E-state index contributed by atoms with van der Waals surface area (Å²) in [7, 11) is 0. The second-order valence-corrected chi connectivity index (χ2v) is 14.9. The predicted octanol–water partition coefficient (Wildman–Crippen LogP) is 5.39. The van der Waals surface area contributed by atoms with Crippen LogP contribution >= 0.6 is 12.4 Å². The zero-order valence-electron chi connectivity index (χ0n) is 25.8.